The van der Waals surface area contributed by atoms with Crippen LogP contribution in [0.5, 0.6) is 11.6 Å². The lowest BCUT2D eigenvalue weighted by Crippen LogP contribution is -2.03. The summed E-state index contributed by atoms with van der Waals surface area (Å²) in [5.41, 5.74) is 1.20. The third-order valence-electron chi connectivity index (χ3n) is 2.77. The van der Waals surface area contributed by atoms with Gasteiger partial charge in [0, 0.05) is 6.20 Å². The predicted octanol–water partition coefficient (Wildman–Crippen LogP) is 3.36. The molecule has 2 aromatic rings. The Balaban J connectivity index is 2.18. The van der Waals surface area contributed by atoms with Gasteiger partial charge >= 0.3 is 5.97 Å². The summed E-state index contributed by atoms with van der Waals surface area (Å²) in [6.45, 7) is 2.04. The van der Waals surface area contributed by atoms with E-state index in [1.54, 1.807) is 12.1 Å². The van der Waals surface area contributed by atoms with Gasteiger partial charge in [0.05, 0.1) is 12.7 Å². The summed E-state index contributed by atoms with van der Waals surface area (Å²) in [6.07, 6.45) is 2.13. The van der Waals surface area contributed by atoms with E-state index >= 15 is 0 Å². The fraction of sp³-hybridized carbons (Fsp3) is 0.200. The highest BCUT2D eigenvalue weighted by Crippen LogP contribution is 2.23. The summed E-state index contributed by atoms with van der Waals surface area (Å²) in [5.74, 6) is -1.05. The number of aryl methyl sites for hydroxylation is 1. The standard InChI is InChI=1S/C15H14FNO3/c1-3-10-4-6-12(7-5-10)20-14-13(16)8-11(9-17-14)15(18)19-2/h4-9H,3H2,1-2H3. The van der Waals surface area contributed by atoms with Gasteiger partial charge in [0.1, 0.15) is 5.75 Å². The molecule has 5 heteroatoms. The van der Waals surface area contributed by atoms with Crippen LogP contribution in [0.1, 0.15) is 22.8 Å². The molecular weight excluding hydrogens is 261 g/mol. The van der Waals surface area contributed by atoms with Crippen LogP contribution < -0.4 is 4.74 Å². The van der Waals surface area contributed by atoms with Crippen LogP contribution in [0, 0.1) is 5.82 Å². The van der Waals surface area contributed by atoms with Gasteiger partial charge in [-0.15, -0.1) is 0 Å². The highest BCUT2D eigenvalue weighted by molar-refractivity contribution is 5.88. The van der Waals surface area contributed by atoms with Crippen molar-refractivity contribution in [1.82, 2.24) is 4.98 Å². The van der Waals surface area contributed by atoms with Crippen molar-refractivity contribution >= 4 is 5.97 Å². The van der Waals surface area contributed by atoms with E-state index in [0.717, 1.165) is 18.1 Å². The van der Waals surface area contributed by atoms with Crippen molar-refractivity contribution in [2.75, 3.05) is 7.11 Å². The fourth-order valence-electron chi connectivity index (χ4n) is 1.63. The summed E-state index contributed by atoms with van der Waals surface area (Å²) < 4.78 is 23.6. The Morgan fingerprint density at radius 2 is 2.00 bits per heavy atom. The van der Waals surface area contributed by atoms with Crippen molar-refractivity contribution in [3.05, 3.63) is 53.5 Å². The maximum Gasteiger partial charge on any atom is 0.339 e. The molecule has 0 aliphatic rings. The molecule has 0 spiro atoms. The van der Waals surface area contributed by atoms with Gasteiger partial charge in [0.2, 0.25) is 0 Å². The van der Waals surface area contributed by atoms with E-state index in [1.165, 1.54) is 13.3 Å². The number of carbonyl (C=O) groups is 1. The van der Waals surface area contributed by atoms with Gasteiger partial charge < -0.3 is 9.47 Å². The third-order valence-corrected chi connectivity index (χ3v) is 2.77. The molecule has 0 unspecified atom stereocenters. The molecular formula is C15H14FNO3. The van der Waals surface area contributed by atoms with Crippen molar-refractivity contribution in [1.29, 1.82) is 0 Å². The number of rotatable bonds is 4. The zero-order valence-corrected chi connectivity index (χ0v) is 11.2. The van der Waals surface area contributed by atoms with Gasteiger partial charge in [0.15, 0.2) is 5.82 Å². The molecule has 0 radical (unpaired) electrons. The van der Waals surface area contributed by atoms with Crippen LogP contribution in [0.4, 0.5) is 4.39 Å². The smallest absolute Gasteiger partial charge is 0.339 e. The highest BCUT2D eigenvalue weighted by atomic mass is 19.1. The first kappa shape index (κ1) is 14.0. The van der Waals surface area contributed by atoms with Gasteiger partial charge in [-0.1, -0.05) is 19.1 Å². The first-order chi connectivity index (χ1) is 9.63. The van der Waals surface area contributed by atoms with Crippen LogP contribution in [0.25, 0.3) is 0 Å². The first-order valence-electron chi connectivity index (χ1n) is 6.14. The quantitative estimate of drug-likeness (QED) is 0.803. The average molecular weight is 275 g/mol. The largest absolute Gasteiger partial charge is 0.465 e. The Kier molecular flexibility index (Phi) is 4.30. The lowest BCUT2D eigenvalue weighted by Gasteiger charge is -2.07. The molecule has 0 atom stereocenters. The molecule has 20 heavy (non-hydrogen) atoms. The molecule has 0 aliphatic heterocycles. The minimum absolute atomic E-state index is 0.0404. The molecule has 2 rings (SSSR count). The number of hydrogen-bond donors (Lipinski definition) is 0. The third kappa shape index (κ3) is 3.12. The first-order valence-corrected chi connectivity index (χ1v) is 6.14. The zero-order chi connectivity index (χ0) is 14.5. The summed E-state index contributed by atoms with van der Waals surface area (Å²) in [4.78, 5) is 15.0. The van der Waals surface area contributed by atoms with Crippen LogP contribution in [0.15, 0.2) is 36.5 Å². The maximum atomic E-state index is 13.8. The number of carbonyl (C=O) groups excluding carboxylic acids is 1. The number of esters is 1. The van der Waals surface area contributed by atoms with E-state index in [4.69, 9.17) is 4.74 Å². The molecule has 1 aromatic heterocycles. The minimum atomic E-state index is -0.715. The Morgan fingerprint density at radius 3 is 2.55 bits per heavy atom. The topological polar surface area (TPSA) is 48.4 Å². The van der Waals surface area contributed by atoms with E-state index in [1.807, 2.05) is 19.1 Å². The van der Waals surface area contributed by atoms with Crippen molar-refractivity contribution < 1.29 is 18.7 Å². The van der Waals surface area contributed by atoms with E-state index in [2.05, 4.69) is 9.72 Å². The Hall–Kier alpha value is -2.43. The monoisotopic (exact) mass is 275 g/mol. The zero-order valence-electron chi connectivity index (χ0n) is 11.2. The minimum Gasteiger partial charge on any atom is -0.465 e. The number of hydrogen-bond acceptors (Lipinski definition) is 4. The van der Waals surface area contributed by atoms with Gasteiger partial charge in [-0.05, 0) is 30.2 Å². The van der Waals surface area contributed by atoms with E-state index in [9.17, 15) is 9.18 Å². The molecule has 1 heterocycles. The van der Waals surface area contributed by atoms with Gasteiger partial charge in [0.25, 0.3) is 5.88 Å². The molecule has 0 bridgehead atoms. The second-order valence-corrected chi connectivity index (χ2v) is 4.10. The van der Waals surface area contributed by atoms with E-state index < -0.39 is 11.8 Å². The van der Waals surface area contributed by atoms with E-state index in [-0.39, 0.29) is 11.4 Å². The van der Waals surface area contributed by atoms with E-state index in [0.29, 0.717) is 5.75 Å². The molecule has 1 aromatic carbocycles. The molecule has 0 fully saturated rings. The SMILES string of the molecule is CCc1ccc(Oc2ncc(C(=O)OC)cc2F)cc1. The Morgan fingerprint density at radius 1 is 1.30 bits per heavy atom. The highest BCUT2D eigenvalue weighted by Gasteiger charge is 2.12. The number of aromatic nitrogens is 1. The van der Waals surface area contributed by atoms with Crippen molar-refractivity contribution in [2.24, 2.45) is 0 Å². The summed E-state index contributed by atoms with van der Waals surface area (Å²) in [5, 5.41) is 0. The normalized spacial score (nSPS) is 10.2. The van der Waals surface area contributed by atoms with Crippen LogP contribution in [0.3, 0.4) is 0 Å². The molecule has 0 aliphatic carbocycles. The van der Waals surface area contributed by atoms with Gasteiger partial charge in [-0.25, -0.2) is 14.2 Å². The number of benzene rings is 1. The van der Waals surface area contributed by atoms with Crippen molar-refractivity contribution in [2.45, 2.75) is 13.3 Å². The lowest BCUT2D eigenvalue weighted by molar-refractivity contribution is 0.0599. The number of halogens is 1. The van der Waals surface area contributed by atoms with Crippen LogP contribution >= 0.6 is 0 Å². The number of methoxy groups -OCH3 is 1. The molecule has 104 valence electrons. The van der Waals surface area contributed by atoms with Crippen molar-refractivity contribution in [3.8, 4) is 11.6 Å². The van der Waals surface area contributed by atoms with Crippen LogP contribution in [-0.2, 0) is 11.2 Å². The summed E-state index contributed by atoms with van der Waals surface area (Å²) in [6, 6.07) is 8.32. The number of pyridine rings is 1. The molecule has 0 N–H and O–H groups in total. The number of ether oxygens (including phenoxy) is 2. The molecule has 0 saturated carbocycles. The Labute approximate surface area is 116 Å². The average Bonchev–Trinajstić information content (AvgIpc) is 2.49. The fourth-order valence-corrected chi connectivity index (χ4v) is 1.63. The maximum absolute atomic E-state index is 13.8. The summed E-state index contributed by atoms with van der Waals surface area (Å²) >= 11 is 0. The summed E-state index contributed by atoms with van der Waals surface area (Å²) in [7, 11) is 1.22. The second kappa shape index (κ2) is 6.14. The van der Waals surface area contributed by atoms with Gasteiger partial charge in [-0.3, -0.25) is 0 Å². The molecule has 4 nitrogen and oxygen atoms in total. The second-order valence-electron chi connectivity index (χ2n) is 4.10. The molecule has 0 amide bonds. The number of nitrogens with zero attached hydrogens (tertiary/aromatic N) is 1. The molecule has 0 saturated heterocycles. The Bertz CT molecular complexity index is 611. The lowest BCUT2D eigenvalue weighted by atomic mass is 10.2. The predicted molar refractivity (Wildman–Crippen MR) is 71.4 cm³/mol. The van der Waals surface area contributed by atoms with Crippen LogP contribution in [-0.4, -0.2) is 18.1 Å². The van der Waals surface area contributed by atoms with Crippen molar-refractivity contribution in [3.63, 3.8) is 0 Å². The van der Waals surface area contributed by atoms with Gasteiger partial charge in [-0.2, -0.15) is 0 Å². The van der Waals surface area contributed by atoms with Crippen LogP contribution in [0.2, 0.25) is 0 Å².